The van der Waals surface area contributed by atoms with E-state index in [1.807, 2.05) is 12.1 Å². The Balaban J connectivity index is 2.77. The minimum atomic E-state index is 0.489. The molecule has 68 valence electrons. The van der Waals surface area contributed by atoms with Crippen molar-refractivity contribution in [2.24, 2.45) is 0 Å². The van der Waals surface area contributed by atoms with Crippen LogP contribution in [0.2, 0.25) is 0 Å². The summed E-state index contributed by atoms with van der Waals surface area (Å²) in [5, 5.41) is 1.09. The Morgan fingerprint density at radius 1 is 1.46 bits per heavy atom. The zero-order valence-corrected chi connectivity index (χ0v) is 9.84. The van der Waals surface area contributed by atoms with Crippen LogP contribution in [0.5, 0.6) is 0 Å². The molecule has 0 unspecified atom stereocenters. The first-order valence-corrected chi connectivity index (χ1v) is 5.89. The van der Waals surface area contributed by atoms with Crippen LogP contribution in [-0.4, -0.2) is 0 Å². The van der Waals surface area contributed by atoms with Crippen molar-refractivity contribution >= 4 is 54.6 Å². The lowest BCUT2D eigenvalue weighted by Crippen LogP contribution is -1.85. The van der Waals surface area contributed by atoms with Gasteiger partial charge in [-0.05, 0) is 18.2 Å². The number of hydrogen-bond acceptors (Lipinski definition) is 2. The van der Waals surface area contributed by atoms with Crippen molar-refractivity contribution in [3.63, 3.8) is 0 Å². The summed E-state index contributed by atoms with van der Waals surface area (Å²) in [5.74, 6) is 0.489. The third kappa shape index (κ3) is 1.56. The van der Waals surface area contributed by atoms with Gasteiger partial charge in [-0.1, -0.05) is 15.9 Å². The fourth-order valence-electron chi connectivity index (χ4n) is 1.24. The fourth-order valence-corrected chi connectivity index (χ4v) is 2.86. The first-order valence-electron chi connectivity index (χ1n) is 3.74. The highest BCUT2D eigenvalue weighted by Gasteiger charge is 2.07. The van der Waals surface area contributed by atoms with Gasteiger partial charge in [0.1, 0.15) is 0 Å². The van der Waals surface area contributed by atoms with E-state index in [1.54, 1.807) is 11.3 Å². The van der Waals surface area contributed by atoms with Crippen molar-refractivity contribution < 1.29 is 0 Å². The number of nitrogen functional groups attached to an aromatic ring is 1. The monoisotopic (exact) mass is 275 g/mol. The summed E-state index contributed by atoms with van der Waals surface area (Å²) in [7, 11) is 0. The van der Waals surface area contributed by atoms with Crippen LogP contribution >= 0.6 is 38.9 Å². The number of hydrogen-bond donors (Lipinski definition) is 1. The highest BCUT2D eigenvalue weighted by atomic mass is 79.9. The molecule has 0 spiro atoms. The molecule has 0 amide bonds. The topological polar surface area (TPSA) is 26.0 Å². The molecule has 0 bridgehead atoms. The molecule has 2 N–H and O–H groups in total. The average Bonchev–Trinajstić information content (AvgIpc) is 2.44. The molecule has 0 saturated carbocycles. The number of alkyl halides is 1. The number of benzene rings is 1. The van der Waals surface area contributed by atoms with Crippen LogP contribution in [0, 0.1) is 0 Å². The molecule has 0 aliphatic carbocycles. The summed E-state index contributed by atoms with van der Waals surface area (Å²) in [5.41, 5.74) is 6.74. The summed E-state index contributed by atoms with van der Waals surface area (Å²) < 4.78 is 2.24. The number of fused-ring (bicyclic) bond motifs is 1. The summed E-state index contributed by atoms with van der Waals surface area (Å²) in [4.78, 5) is 1.05. The van der Waals surface area contributed by atoms with Crippen LogP contribution in [0.25, 0.3) is 10.1 Å². The Hall–Kier alpha value is -0.250. The first-order chi connectivity index (χ1) is 6.22. The highest BCUT2D eigenvalue weighted by molar-refractivity contribution is 9.10. The predicted octanol–water partition coefficient (Wildman–Crippen LogP) is 3.98. The molecule has 0 aliphatic heterocycles. The quantitative estimate of drug-likeness (QED) is 0.783. The Morgan fingerprint density at radius 3 is 2.92 bits per heavy atom. The van der Waals surface area contributed by atoms with Gasteiger partial charge in [-0.25, -0.2) is 0 Å². The maximum Gasteiger partial charge on any atom is 0.0589 e. The number of nitrogens with two attached hydrogens (primary N) is 1. The maximum absolute atomic E-state index is 5.92. The second kappa shape index (κ2) is 3.48. The average molecular weight is 277 g/mol. The van der Waals surface area contributed by atoms with Crippen molar-refractivity contribution in [1.29, 1.82) is 0 Å². The third-order valence-corrected chi connectivity index (χ3v) is 3.99. The maximum atomic E-state index is 5.92. The normalized spacial score (nSPS) is 10.9. The van der Waals surface area contributed by atoms with Gasteiger partial charge in [0.15, 0.2) is 0 Å². The standard InChI is InChI=1S/C9H7BrClNS/c10-5-1-2-7-6(3-5)9(12)8(4-11)13-7/h1-3H,4,12H2. The number of anilines is 1. The van der Waals surface area contributed by atoms with Gasteiger partial charge in [0, 0.05) is 19.4 Å². The van der Waals surface area contributed by atoms with Crippen LogP contribution in [0.15, 0.2) is 22.7 Å². The van der Waals surface area contributed by atoms with Gasteiger partial charge >= 0.3 is 0 Å². The molecule has 0 atom stereocenters. The van der Waals surface area contributed by atoms with Crippen molar-refractivity contribution in [2.75, 3.05) is 5.73 Å². The summed E-state index contributed by atoms with van der Waals surface area (Å²) in [6, 6.07) is 6.09. The Kier molecular flexibility index (Phi) is 2.49. The highest BCUT2D eigenvalue weighted by Crippen LogP contribution is 2.35. The molecule has 4 heteroatoms. The summed E-state index contributed by atoms with van der Waals surface area (Å²) in [6.45, 7) is 0. The van der Waals surface area contributed by atoms with Crippen molar-refractivity contribution in [3.05, 3.63) is 27.5 Å². The fraction of sp³-hybridized carbons (Fsp3) is 0.111. The zero-order valence-electron chi connectivity index (χ0n) is 6.68. The molecule has 0 fully saturated rings. The molecule has 1 aromatic heterocycles. The minimum Gasteiger partial charge on any atom is -0.397 e. The first kappa shape index (κ1) is 9.31. The second-order valence-electron chi connectivity index (χ2n) is 2.71. The van der Waals surface area contributed by atoms with Crippen LogP contribution in [0.4, 0.5) is 5.69 Å². The summed E-state index contributed by atoms with van der Waals surface area (Å²) in [6.07, 6.45) is 0. The van der Waals surface area contributed by atoms with E-state index >= 15 is 0 Å². The molecule has 0 aliphatic rings. The van der Waals surface area contributed by atoms with E-state index in [4.69, 9.17) is 17.3 Å². The van der Waals surface area contributed by atoms with Crippen LogP contribution < -0.4 is 5.73 Å². The van der Waals surface area contributed by atoms with Crippen molar-refractivity contribution in [1.82, 2.24) is 0 Å². The van der Waals surface area contributed by atoms with E-state index in [9.17, 15) is 0 Å². The largest absolute Gasteiger partial charge is 0.397 e. The number of halogens is 2. The van der Waals surface area contributed by atoms with Crippen LogP contribution in [0.3, 0.4) is 0 Å². The van der Waals surface area contributed by atoms with Gasteiger partial charge in [0.25, 0.3) is 0 Å². The van der Waals surface area contributed by atoms with Gasteiger partial charge in [0.2, 0.25) is 0 Å². The van der Waals surface area contributed by atoms with Gasteiger partial charge in [0.05, 0.1) is 11.6 Å². The second-order valence-corrected chi connectivity index (χ2v) is 5.03. The van der Waals surface area contributed by atoms with E-state index in [-0.39, 0.29) is 0 Å². The molecule has 0 radical (unpaired) electrons. The van der Waals surface area contributed by atoms with E-state index in [0.29, 0.717) is 5.88 Å². The van der Waals surface area contributed by atoms with E-state index in [0.717, 1.165) is 20.4 Å². The predicted molar refractivity (Wildman–Crippen MR) is 63.5 cm³/mol. The van der Waals surface area contributed by atoms with Crippen molar-refractivity contribution in [2.45, 2.75) is 5.88 Å². The minimum absolute atomic E-state index is 0.489. The molecule has 2 rings (SSSR count). The molecule has 2 aromatic rings. The molecule has 1 aromatic carbocycles. The van der Waals surface area contributed by atoms with Crippen molar-refractivity contribution in [3.8, 4) is 0 Å². The number of rotatable bonds is 1. The molecule has 1 nitrogen and oxygen atoms in total. The lowest BCUT2D eigenvalue weighted by Gasteiger charge is -1.93. The van der Waals surface area contributed by atoms with E-state index in [1.165, 1.54) is 4.70 Å². The lowest BCUT2D eigenvalue weighted by molar-refractivity contribution is 1.54. The van der Waals surface area contributed by atoms with Gasteiger partial charge in [-0.2, -0.15) is 0 Å². The Morgan fingerprint density at radius 2 is 2.23 bits per heavy atom. The Bertz CT molecular complexity index is 452. The molecular formula is C9H7BrClNS. The van der Waals surface area contributed by atoms with Crippen LogP contribution in [0.1, 0.15) is 4.88 Å². The van der Waals surface area contributed by atoms with E-state index < -0.39 is 0 Å². The molecule has 0 saturated heterocycles. The molecule has 1 heterocycles. The lowest BCUT2D eigenvalue weighted by atomic mass is 10.2. The SMILES string of the molecule is Nc1c(CCl)sc2ccc(Br)cc12. The number of thiophene rings is 1. The van der Waals surface area contributed by atoms with E-state index in [2.05, 4.69) is 22.0 Å². The Labute approximate surface area is 93.6 Å². The smallest absolute Gasteiger partial charge is 0.0589 e. The summed E-state index contributed by atoms with van der Waals surface area (Å²) >= 11 is 10.8. The molecule has 13 heavy (non-hydrogen) atoms. The molecular weight excluding hydrogens is 270 g/mol. The third-order valence-electron chi connectivity index (χ3n) is 1.89. The van der Waals surface area contributed by atoms with Gasteiger partial charge in [-0.15, -0.1) is 22.9 Å². The van der Waals surface area contributed by atoms with Gasteiger partial charge < -0.3 is 5.73 Å². The zero-order chi connectivity index (χ0) is 9.42. The van der Waals surface area contributed by atoms with Gasteiger partial charge in [-0.3, -0.25) is 0 Å². The van der Waals surface area contributed by atoms with Crippen LogP contribution in [-0.2, 0) is 5.88 Å².